The van der Waals surface area contributed by atoms with Gasteiger partial charge in [0.2, 0.25) is 0 Å². The van der Waals surface area contributed by atoms with Crippen LogP contribution in [0.1, 0.15) is 52.8 Å². The number of halogens is 1. The van der Waals surface area contributed by atoms with Crippen LogP contribution in [-0.2, 0) is 17.7 Å². The maximum Gasteiger partial charge on any atom is 0.274 e. The van der Waals surface area contributed by atoms with Crippen molar-refractivity contribution in [1.82, 2.24) is 15.1 Å². The number of nitrogens with zero attached hydrogens (tertiary/aromatic N) is 2. The fraction of sp³-hybridized carbons (Fsp3) is 0.444. The van der Waals surface area contributed by atoms with Crippen LogP contribution in [0.3, 0.4) is 0 Å². The Morgan fingerprint density at radius 1 is 1.46 bits per heavy atom. The summed E-state index contributed by atoms with van der Waals surface area (Å²) < 4.78 is 19.1. The van der Waals surface area contributed by atoms with Crippen molar-refractivity contribution in [3.63, 3.8) is 0 Å². The average Bonchev–Trinajstić information content (AvgIpc) is 2.94. The summed E-state index contributed by atoms with van der Waals surface area (Å²) in [5, 5.41) is 7.16. The van der Waals surface area contributed by atoms with Crippen LogP contribution in [-0.4, -0.2) is 34.2 Å². The molecular formula is C18H22FN3O2. The topological polar surface area (TPSA) is 58.2 Å². The van der Waals surface area contributed by atoms with E-state index in [0.717, 1.165) is 16.8 Å². The maximum absolute atomic E-state index is 13.4. The molecule has 5 nitrogen and oxygen atoms in total. The third-order valence-corrected chi connectivity index (χ3v) is 4.43. The van der Waals surface area contributed by atoms with Crippen LogP contribution in [0.15, 0.2) is 18.2 Å². The predicted molar refractivity (Wildman–Crippen MR) is 88.2 cm³/mol. The van der Waals surface area contributed by atoms with E-state index in [9.17, 15) is 9.18 Å². The molecule has 0 fully saturated rings. The van der Waals surface area contributed by atoms with E-state index in [1.54, 1.807) is 31.0 Å². The summed E-state index contributed by atoms with van der Waals surface area (Å²) in [6, 6.07) is 4.89. The number of rotatable bonds is 3. The van der Waals surface area contributed by atoms with Gasteiger partial charge in [0, 0.05) is 25.6 Å². The van der Waals surface area contributed by atoms with Gasteiger partial charge in [0.1, 0.15) is 5.82 Å². The summed E-state index contributed by atoms with van der Waals surface area (Å²) in [7, 11) is 1.73. The van der Waals surface area contributed by atoms with E-state index in [1.807, 2.05) is 13.8 Å². The lowest BCUT2D eigenvalue weighted by molar-refractivity contribution is -0.00701. The third kappa shape index (κ3) is 3.06. The van der Waals surface area contributed by atoms with Crippen LogP contribution < -0.4 is 0 Å². The fourth-order valence-electron chi connectivity index (χ4n) is 3.18. The lowest BCUT2D eigenvalue weighted by atomic mass is 9.99. The Labute approximate surface area is 140 Å². The Morgan fingerprint density at radius 3 is 2.92 bits per heavy atom. The van der Waals surface area contributed by atoms with Crippen LogP contribution in [0, 0.1) is 12.7 Å². The quantitative estimate of drug-likeness (QED) is 0.940. The van der Waals surface area contributed by atoms with E-state index in [4.69, 9.17) is 4.74 Å². The van der Waals surface area contributed by atoms with Gasteiger partial charge in [-0.05, 0) is 38.0 Å². The molecule has 2 heterocycles. The number of hydrogen-bond acceptors (Lipinski definition) is 3. The van der Waals surface area contributed by atoms with Crippen molar-refractivity contribution >= 4 is 5.91 Å². The van der Waals surface area contributed by atoms with Gasteiger partial charge in [-0.3, -0.25) is 9.89 Å². The van der Waals surface area contributed by atoms with Gasteiger partial charge < -0.3 is 9.64 Å². The smallest absolute Gasteiger partial charge is 0.274 e. The van der Waals surface area contributed by atoms with Crippen molar-refractivity contribution < 1.29 is 13.9 Å². The zero-order chi connectivity index (χ0) is 17.4. The van der Waals surface area contributed by atoms with Gasteiger partial charge in [0.15, 0.2) is 5.69 Å². The Bertz CT molecular complexity index is 772. The molecule has 1 aromatic heterocycles. The van der Waals surface area contributed by atoms with Gasteiger partial charge in [-0.15, -0.1) is 0 Å². The minimum absolute atomic E-state index is 0.0571. The molecule has 0 saturated carbocycles. The molecule has 24 heavy (non-hydrogen) atoms. The van der Waals surface area contributed by atoms with Gasteiger partial charge in [-0.25, -0.2) is 4.39 Å². The van der Waals surface area contributed by atoms with Gasteiger partial charge in [-0.1, -0.05) is 12.1 Å². The van der Waals surface area contributed by atoms with Gasteiger partial charge in [-0.2, -0.15) is 5.10 Å². The number of amides is 1. The molecule has 128 valence electrons. The summed E-state index contributed by atoms with van der Waals surface area (Å²) in [6.07, 6.45) is 0.630. The molecule has 2 aromatic rings. The second-order valence-electron chi connectivity index (χ2n) is 6.50. The molecule has 0 unspecified atom stereocenters. The summed E-state index contributed by atoms with van der Waals surface area (Å²) in [4.78, 5) is 14.4. The van der Waals surface area contributed by atoms with E-state index in [1.165, 1.54) is 6.07 Å². The maximum atomic E-state index is 13.4. The van der Waals surface area contributed by atoms with Gasteiger partial charge in [0.25, 0.3) is 5.91 Å². The lowest BCUT2D eigenvalue weighted by Gasteiger charge is -2.25. The number of fused-ring (bicyclic) bond motifs is 1. The number of benzene rings is 1. The second-order valence-corrected chi connectivity index (χ2v) is 6.50. The fourth-order valence-corrected chi connectivity index (χ4v) is 3.18. The standard InChI is InChI=1S/C18H22FN3O2/c1-10-7-13(5-6-15(10)19)9-22(4)18(23)17-14-8-11(2)24-12(3)16(14)20-21-17/h5-7,11-12H,8-9H2,1-4H3,(H,20,21)/t11-,12+/m1/s1. The number of aromatic amines is 1. The lowest BCUT2D eigenvalue weighted by Crippen LogP contribution is -2.29. The Hall–Kier alpha value is -2.21. The molecule has 0 aliphatic carbocycles. The highest BCUT2D eigenvalue weighted by molar-refractivity contribution is 5.94. The minimum Gasteiger partial charge on any atom is -0.369 e. The highest BCUT2D eigenvalue weighted by Gasteiger charge is 2.30. The van der Waals surface area contributed by atoms with Crippen LogP contribution >= 0.6 is 0 Å². The van der Waals surface area contributed by atoms with Crippen LogP contribution in [0.4, 0.5) is 4.39 Å². The highest BCUT2D eigenvalue weighted by Crippen LogP contribution is 2.30. The van der Waals surface area contributed by atoms with Crippen molar-refractivity contribution in [1.29, 1.82) is 0 Å². The van der Waals surface area contributed by atoms with Crippen molar-refractivity contribution in [2.45, 2.75) is 45.9 Å². The number of hydrogen-bond donors (Lipinski definition) is 1. The Kier molecular flexibility index (Phi) is 4.41. The van der Waals surface area contributed by atoms with Crippen molar-refractivity contribution in [2.24, 2.45) is 0 Å². The molecule has 0 spiro atoms. The molecule has 2 atom stereocenters. The van der Waals surface area contributed by atoms with E-state index in [2.05, 4.69) is 10.2 Å². The molecular weight excluding hydrogens is 309 g/mol. The molecule has 0 saturated heterocycles. The number of carbonyl (C=O) groups is 1. The van der Waals surface area contributed by atoms with E-state index in [0.29, 0.717) is 24.2 Å². The van der Waals surface area contributed by atoms with E-state index in [-0.39, 0.29) is 23.9 Å². The summed E-state index contributed by atoms with van der Waals surface area (Å²) in [5.41, 5.74) is 3.73. The third-order valence-electron chi connectivity index (χ3n) is 4.43. The van der Waals surface area contributed by atoms with Crippen LogP contribution in [0.5, 0.6) is 0 Å². The molecule has 6 heteroatoms. The van der Waals surface area contributed by atoms with Gasteiger partial charge >= 0.3 is 0 Å². The zero-order valence-electron chi connectivity index (χ0n) is 14.4. The predicted octanol–water partition coefficient (Wildman–Crippen LogP) is 3.15. The number of aromatic nitrogens is 2. The first-order valence-corrected chi connectivity index (χ1v) is 8.10. The number of aryl methyl sites for hydroxylation is 1. The summed E-state index contributed by atoms with van der Waals surface area (Å²) in [5.74, 6) is -0.382. The molecule has 0 radical (unpaired) electrons. The molecule has 1 aliphatic heterocycles. The van der Waals surface area contributed by atoms with Crippen LogP contribution in [0.25, 0.3) is 0 Å². The van der Waals surface area contributed by atoms with E-state index >= 15 is 0 Å². The van der Waals surface area contributed by atoms with Gasteiger partial charge in [0.05, 0.1) is 17.9 Å². The van der Waals surface area contributed by atoms with Crippen molar-refractivity contribution in [3.8, 4) is 0 Å². The number of H-pyrrole nitrogens is 1. The number of nitrogens with one attached hydrogen (secondary N) is 1. The summed E-state index contributed by atoms with van der Waals surface area (Å²) in [6.45, 7) is 6.06. The van der Waals surface area contributed by atoms with Crippen molar-refractivity contribution in [3.05, 3.63) is 52.1 Å². The van der Waals surface area contributed by atoms with E-state index < -0.39 is 0 Å². The van der Waals surface area contributed by atoms with Crippen molar-refractivity contribution in [2.75, 3.05) is 7.05 Å². The minimum atomic E-state index is -0.239. The molecule has 3 rings (SSSR count). The molecule has 1 aliphatic rings. The zero-order valence-corrected chi connectivity index (χ0v) is 14.4. The molecule has 0 bridgehead atoms. The first-order chi connectivity index (χ1) is 11.4. The number of ether oxygens (including phenoxy) is 1. The second kappa shape index (κ2) is 6.36. The largest absolute Gasteiger partial charge is 0.369 e. The van der Waals surface area contributed by atoms with Crippen LogP contribution in [0.2, 0.25) is 0 Å². The SMILES string of the molecule is Cc1cc(CN(C)C(=O)c2n[nH]c3c2C[C@@H](C)O[C@H]3C)ccc1F. The molecule has 1 aromatic carbocycles. The molecule has 1 amide bonds. The summed E-state index contributed by atoms with van der Waals surface area (Å²) >= 11 is 0. The monoisotopic (exact) mass is 331 g/mol. The average molecular weight is 331 g/mol. The highest BCUT2D eigenvalue weighted by atomic mass is 19.1. The Morgan fingerprint density at radius 2 is 2.21 bits per heavy atom. The number of carbonyl (C=O) groups excluding carboxylic acids is 1. The normalized spacial score (nSPS) is 19.9. The molecule has 1 N–H and O–H groups in total. The first-order valence-electron chi connectivity index (χ1n) is 8.10. The Balaban J connectivity index is 1.80. The first kappa shape index (κ1) is 16.6.